The number of nitrogens with zero attached hydrogens (tertiary/aromatic N) is 1. The summed E-state index contributed by atoms with van der Waals surface area (Å²) >= 11 is 0. The largest absolute Gasteiger partial charge is 0.489 e. The number of allylic oxidation sites excluding steroid dienone is 1. The molecule has 2 aliphatic rings. The van der Waals surface area contributed by atoms with Gasteiger partial charge in [0.2, 0.25) is 0 Å². The summed E-state index contributed by atoms with van der Waals surface area (Å²) in [6, 6.07) is 23.8. The van der Waals surface area contributed by atoms with Crippen molar-refractivity contribution in [3.63, 3.8) is 0 Å². The fourth-order valence-corrected chi connectivity index (χ4v) is 5.45. The van der Waals surface area contributed by atoms with Gasteiger partial charge < -0.3 is 10.5 Å². The van der Waals surface area contributed by atoms with Gasteiger partial charge in [0.1, 0.15) is 11.9 Å². The number of nitrogen functional groups attached to an aromatic ring is 1. The van der Waals surface area contributed by atoms with Crippen LogP contribution in [0.1, 0.15) is 53.5 Å². The molecule has 1 unspecified atom stereocenters. The number of aryl methyl sites for hydroxylation is 2. The van der Waals surface area contributed by atoms with Crippen LogP contribution in [0.25, 0.3) is 11.1 Å². The number of hydrogen-bond acceptors (Lipinski definition) is 3. The van der Waals surface area contributed by atoms with Crippen LogP contribution in [0.15, 0.2) is 66.7 Å². The van der Waals surface area contributed by atoms with Crippen LogP contribution in [0.3, 0.4) is 0 Å². The van der Waals surface area contributed by atoms with Gasteiger partial charge in [-0.1, -0.05) is 48.0 Å². The van der Waals surface area contributed by atoms with E-state index < -0.39 is 0 Å². The van der Waals surface area contributed by atoms with E-state index in [1.165, 1.54) is 39.0 Å². The van der Waals surface area contributed by atoms with Crippen molar-refractivity contribution >= 4 is 16.8 Å². The molecule has 4 heteroatoms. The summed E-state index contributed by atoms with van der Waals surface area (Å²) in [4.78, 5) is 2.30. The maximum atomic E-state index is 12.5. The average Bonchev–Trinajstić information content (AvgIpc) is 3.22. The van der Waals surface area contributed by atoms with Gasteiger partial charge in [-0.15, -0.1) is 0 Å². The van der Waals surface area contributed by atoms with Crippen molar-refractivity contribution in [2.45, 2.75) is 45.1 Å². The van der Waals surface area contributed by atoms with Crippen LogP contribution in [0, 0.1) is 6.92 Å². The number of rotatable bonds is 7. The number of hydrogen-bond donors (Lipinski definition) is 1. The predicted molar refractivity (Wildman–Crippen MR) is 143 cm³/mol. The number of benzene rings is 3. The SMILES string of the molecule is Cc1ccc(C2=C(c3ccc(OC4CCN(CCCF)C4)cc3)c3ccc(N)cc3CCC2)cc1. The normalized spacial score (nSPS) is 18.4. The fourth-order valence-electron chi connectivity index (χ4n) is 5.45. The standard InChI is InChI=1S/C31H35FN2O/c1-22-6-8-23(9-7-22)29-5-2-4-25-20-26(33)12-15-30(25)31(29)24-10-13-27(14-11-24)35-28-16-19-34(21-28)18-3-17-32/h6-15,20,28H,2-5,16-19,21,33H2,1H3. The Morgan fingerprint density at radius 2 is 1.74 bits per heavy atom. The molecule has 182 valence electrons. The third-order valence-electron chi connectivity index (χ3n) is 7.26. The average molecular weight is 471 g/mol. The van der Waals surface area contributed by atoms with Crippen molar-refractivity contribution in [1.82, 2.24) is 4.90 Å². The molecule has 1 aliphatic carbocycles. The number of likely N-dealkylation sites (tertiary alicyclic amines) is 1. The molecule has 0 amide bonds. The Morgan fingerprint density at radius 3 is 2.51 bits per heavy atom. The van der Waals surface area contributed by atoms with Crippen molar-refractivity contribution in [1.29, 1.82) is 0 Å². The van der Waals surface area contributed by atoms with Crippen LogP contribution in [-0.2, 0) is 6.42 Å². The van der Waals surface area contributed by atoms with E-state index in [0.29, 0.717) is 6.42 Å². The highest BCUT2D eigenvalue weighted by Gasteiger charge is 2.24. The molecule has 0 saturated carbocycles. The van der Waals surface area contributed by atoms with Gasteiger partial charge in [0.15, 0.2) is 0 Å². The third-order valence-corrected chi connectivity index (χ3v) is 7.26. The first-order valence-corrected chi connectivity index (χ1v) is 12.8. The van der Waals surface area contributed by atoms with Gasteiger partial charge in [0.25, 0.3) is 0 Å². The zero-order valence-electron chi connectivity index (χ0n) is 20.6. The number of anilines is 1. The van der Waals surface area contributed by atoms with Crippen LogP contribution in [0.5, 0.6) is 5.75 Å². The van der Waals surface area contributed by atoms with Crippen molar-refractivity contribution in [3.05, 3.63) is 94.5 Å². The molecule has 1 fully saturated rings. The van der Waals surface area contributed by atoms with Crippen molar-refractivity contribution < 1.29 is 9.13 Å². The van der Waals surface area contributed by atoms with Gasteiger partial charge >= 0.3 is 0 Å². The Hall–Kier alpha value is -3.11. The van der Waals surface area contributed by atoms with Gasteiger partial charge in [0.05, 0.1) is 6.67 Å². The molecule has 3 nitrogen and oxygen atoms in total. The first-order valence-electron chi connectivity index (χ1n) is 12.8. The minimum Gasteiger partial charge on any atom is -0.489 e. The van der Waals surface area contributed by atoms with Crippen LogP contribution >= 0.6 is 0 Å². The lowest BCUT2D eigenvalue weighted by Crippen LogP contribution is -2.26. The topological polar surface area (TPSA) is 38.5 Å². The molecule has 3 aromatic rings. The monoisotopic (exact) mass is 470 g/mol. The molecule has 0 aromatic heterocycles. The molecule has 0 spiro atoms. The molecule has 35 heavy (non-hydrogen) atoms. The molecular formula is C31H35FN2O. The molecule has 3 aromatic carbocycles. The summed E-state index contributed by atoms with van der Waals surface area (Å²) in [5.74, 6) is 0.898. The number of fused-ring (bicyclic) bond motifs is 1. The van der Waals surface area contributed by atoms with Crippen LogP contribution in [0.2, 0.25) is 0 Å². The second kappa shape index (κ2) is 10.7. The Bertz CT molecular complexity index is 1180. The lowest BCUT2D eigenvalue weighted by atomic mass is 9.87. The van der Waals surface area contributed by atoms with Gasteiger partial charge in [0, 0.05) is 25.3 Å². The van der Waals surface area contributed by atoms with Gasteiger partial charge in [-0.2, -0.15) is 0 Å². The van der Waals surface area contributed by atoms with Crippen LogP contribution < -0.4 is 10.5 Å². The molecule has 2 N–H and O–H groups in total. The highest BCUT2D eigenvalue weighted by atomic mass is 19.1. The van der Waals surface area contributed by atoms with E-state index in [2.05, 4.69) is 72.5 Å². The smallest absolute Gasteiger partial charge is 0.119 e. The highest BCUT2D eigenvalue weighted by molar-refractivity contribution is 6.00. The van der Waals surface area contributed by atoms with E-state index in [9.17, 15) is 4.39 Å². The Morgan fingerprint density at radius 1 is 0.971 bits per heavy atom. The number of halogens is 1. The van der Waals surface area contributed by atoms with Crippen molar-refractivity contribution in [2.75, 3.05) is 32.0 Å². The van der Waals surface area contributed by atoms with Gasteiger partial charge in [-0.05, 0) is 96.7 Å². The Balaban J connectivity index is 1.46. The molecule has 5 rings (SSSR count). The summed E-state index contributed by atoms with van der Waals surface area (Å²) in [6.45, 7) is 4.55. The predicted octanol–water partition coefficient (Wildman–Crippen LogP) is 6.69. The molecule has 1 aliphatic heterocycles. The quantitative estimate of drug-likeness (QED) is 0.391. The Kier molecular flexibility index (Phi) is 7.19. The fraction of sp³-hybridized carbons (Fsp3) is 0.355. The minimum absolute atomic E-state index is 0.171. The van der Waals surface area contributed by atoms with Gasteiger partial charge in [-0.25, -0.2) is 0 Å². The highest BCUT2D eigenvalue weighted by Crippen LogP contribution is 2.40. The number of ether oxygens (including phenoxy) is 1. The molecular weight excluding hydrogens is 435 g/mol. The van der Waals surface area contributed by atoms with Crippen LogP contribution in [0.4, 0.5) is 10.1 Å². The Labute approximate surface area is 208 Å². The van der Waals surface area contributed by atoms with E-state index in [1.54, 1.807) is 0 Å². The molecule has 0 bridgehead atoms. The first kappa shape index (κ1) is 23.6. The molecule has 1 saturated heterocycles. The summed E-state index contributed by atoms with van der Waals surface area (Å²) < 4.78 is 18.8. The van der Waals surface area contributed by atoms with Crippen LogP contribution in [-0.4, -0.2) is 37.3 Å². The maximum Gasteiger partial charge on any atom is 0.119 e. The molecule has 1 heterocycles. The number of nitrogens with two attached hydrogens (primary N) is 1. The van der Waals surface area contributed by atoms with Crippen molar-refractivity contribution in [3.8, 4) is 5.75 Å². The number of alkyl halides is 1. The second-order valence-corrected chi connectivity index (χ2v) is 9.89. The lowest BCUT2D eigenvalue weighted by molar-refractivity contribution is 0.198. The van der Waals surface area contributed by atoms with E-state index in [1.807, 2.05) is 6.07 Å². The van der Waals surface area contributed by atoms with E-state index in [0.717, 1.165) is 56.8 Å². The minimum atomic E-state index is -0.250. The van der Waals surface area contributed by atoms with Gasteiger partial charge in [-0.3, -0.25) is 9.29 Å². The second-order valence-electron chi connectivity index (χ2n) is 9.89. The van der Waals surface area contributed by atoms with E-state index >= 15 is 0 Å². The zero-order valence-corrected chi connectivity index (χ0v) is 20.6. The maximum absolute atomic E-state index is 12.5. The lowest BCUT2D eigenvalue weighted by Gasteiger charge is -2.19. The van der Waals surface area contributed by atoms with E-state index in [4.69, 9.17) is 10.5 Å². The summed E-state index contributed by atoms with van der Waals surface area (Å²) in [5.41, 5.74) is 16.0. The third kappa shape index (κ3) is 5.43. The van der Waals surface area contributed by atoms with Crippen molar-refractivity contribution in [2.24, 2.45) is 0 Å². The summed E-state index contributed by atoms with van der Waals surface area (Å²) in [5, 5.41) is 0. The van der Waals surface area contributed by atoms with E-state index in [-0.39, 0.29) is 12.8 Å². The molecule has 0 radical (unpaired) electrons. The zero-order chi connectivity index (χ0) is 24.2. The summed E-state index contributed by atoms with van der Waals surface area (Å²) in [6.07, 6.45) is 4.93. The molecule has 1 atom stereocenters. The summed E-state index contributed by atoms with van der Waals surface area (Å²) in [7, 11) is 0. The first-order chi connectivity index (χ1) is 17.1.